The second-order valence-corrected chi connectivity index (χ2v) is 6.09. The number of carboxylic acids is 1. The van der Waals surface area contributed by atoms with E-state index in [1.54, 1.807) is 12.1 Å². The maximum Gasteiger partial charge on any atom is 0.317 e. The molecular formula is C15H17ClN4O3. The summed E-state index contributed by atoms with van der Waals surface area (Å²) in [7, 11) is 1.88. The van der Waals surface area contributed by atoms with E-state index >= 15 is 0 Å². The fourth-order valence-corrected chi connectivity index (χ4v) is 2.96. The molecule has 2 amide bonds. The highest BCUT2D eigenvalue weighted by molar-refractivity contribution is 6.31. The molecule has 1 aliphatic heterocycles. The molecule has 0 aliphatic carbocycles. The number of nitrogens with one attached hydrogen (secondary N) is 1. The molecule has 0 bridgehead atoms. The summed E-state index contributed by atoms with van der Waals surface area (Å²) in [5.74, 6) is -0.615. The van der Waals surface area contributed by atoms with Gasteiger partial charge in [-0.15, -0.1) is 0 Å². The van der Waals surface area contributed by atoms with E-state index in [1.165, 1.54) is 4.90 Å². The number of carbonyl (C=O) groups is 2. The third-order valence-electron chi connectivity index (χ3n) is 4.16. The number of imidazole rings is 1. The van der Waals surface area contributed by atoms with Crippen molar-refractivity contribution in [2.45, 2.75) is 13.0 Å². The number of urea groups is 1. The monoisotopic (exact) mass is 336 g/mol. The average molecular weight is 337 g/mol. The van der Waals surface area contributed by atoms with Gasteiger partial charge < -0.3 is 19.9 Å². The SMILES string of the molecule is Cn1c(CNC(=O)N2CCC(C(=O)O)C2)nc2cc(Cl)ccc21. The van der Waals surface area contributed by atoms with E-state index in [9.17, 15) is 9.59 Å². The van der Waals surface area contributed by atoms with Crippen molar-refractivity contribution in [3.8, 4) is 0 Å². The number of carboxylic acid groups (broad SMARTS) is 1. The van der Waals surface area contributed by atoms with E-state index in [4.69, 9.17) is 16.7 Å². The Morgan fingerprint density at radius 3 is 2.96 bits per heavy atom. The standard InChI is InChI=1S/C15H17ClN4O3/c1-19-12-3-2-10(16)6-11(12)18-13(19)7-17-15(23)20-5-4-9(8-20)14(21)22/h2-3,6,9H,4-5,7-8H2,1H3,(H,17,23)(H,21,22). The largest absolute Gasteiger partial charge is 0.481 e. The van der Waals surface area contributed by atoms with E-state index in [0.29, 0.717) is 23.8 Å². The molecule has 122 valence electrons. The van der Waals surface area contributed by atoms with Crippen molar-refractivity contribution in [3.05, 3.63) is 29.0 Å². The van der Waals surface area contributed by atoms with Crippen LogP contribution in [0.2, 0.25) is 5.02 Å². The molecule has 1 unspecified atom stereocenters. The van der Waals surface area contributed by atoms with Crippen LogP contribution in [-0.4, -0.2) is 44.6 Å². The Balaban J connectivity index is 1.65. The van der Waals surface area contributed by atoms with Crippen molar-refractivity contribution in [1.29, 1.82) is 0 Å². The molecular weight excluding hydrogens is 320 g/mol. The van der Waals surface area contributed by atoms with Gasteiger partial charge in [-0.1, -0.05) is 11.6 Å². The zero-order valence-electron chi connectivity index (χ0n) is 12.6. The van der Waals surface area contributed by atoms with Gasteiger partial charge in [-0.25, -0.2) is 9.78 Å². The van der Waals surface area contributed by atoms with E-state index < -0.39 is 11.9 Å². The number of hydrogen-bond donors (Lipinski definition) is 2. The minimum Gasteiger partial charge on any atom is -0.481 e. The molecule has 1 aromatic heterocycles. The van der Waals surface area contributed by atoms with E-state index in [1.807, 2.05) is 17.7 Å². The Hall–Kier alpha value is -2.28. The Morgan fingerprint density at radius 1 is 1.48 bits per heavy atom. The molecule has 2 N–H and O–H groups in total. The molecule has 2 aromatic rings. The van der Waals surface area contributed by atoms with Gasteiger partial charge in [-0.05, 0) is 24.6 Å². The molecule has 0 saturated carbocycles. The number of benzene rings is 1. The van der Waals surface area contributed by atoms with Crippen molar-refractivity contribution in [2.75, 3.05) is 13.1 Å². The fraction of sp³-hybridized carbons (Fsp3) is 0.400. The number of rotatable bonds is 3. The maximum atomic E-state index is 12.1. The number of hydrogen-bond acceptors (Lipinski definition) is 3. The molecule has 2 heterocycles. The number of halogens is 1. The Bertz CT molecular complexity index is 773. The first-order valence-electron chi connectivity index (χ1n) is 7.32. The zero-order valence-corrected chi connectivity index (χ0v) is 13.4. The van der Waals surface area contributed by atoms with E-state index in [-0.39, 0.29) is 19.1 Å². The number of aryl methyl sites for hydroxylation is 1. The quantitative estimate of drug-likeness (QED) is 0.895. The molecule has 1 atom stereocenters. The number of likely N-dealkylation sites (tertiary alicyclic amines) is 1. The number of fused-ring (bicyclic) bond motifs is 1. The summed E-state index contributed by atoms with van der Waals surface area (Å²) < 4.78 is 1.90. The number of nitrogens with zero attached hydrogens (tertiary/aromatic N) is 3. The third-order valence-corrected chi connectivity index (χ3v) is 4.39. The topological polar surface area (TPSA) is 87.5 Å². The predicted molar refractivity (Wildman–Crippen MR) is 85.3 cm³/mol. The van der Waals surface area contributed by atoms with Crippen LogP contribution >= 0.6 is 11.6 Å². The van der Waals surface area contributed by atoms with E-state index in [0.717, 1.165) is 11.0 Å². The first-order valence-corrected chi connectivity index (χ1v) is 7.70. The first kappa shape index (κ1) is 15.6. The lowest BCUT2D eigenvalue weighted by atomic mass is 10.1. The predicted octanol–water partition coefficient (Wildman–Crippen LogP) is 1.84. The Kier molecular flexibility index (Phi) is 4.12. The lowest BCUT2D eigenvalue weighted by molar-refractivity contribution is -0.141. The lowest BCUT2D eigenvalue weighted by Crippen LogP contribution is -2.39. The second kappa shape index (κ2) is 6.08. The summed E-state index contributed by atoms with van der Waals surface area (Å²) in [6.45, 7) is 0.982. The van der Waals surface area contributed by atoms with Gasteiger partial charge in [-0.3, -0.25) is 4.79 Å². The van der Waals surface area contributed by atoms with Gasteiger partial charge in [0.05, 0.1) is 23.5 Å². The van der Waals surface area contributed by atoms with Gasteiger partial charge in [0, 0.05) is 25.2 Å². The van der Waals surface area contributed by atoms with Crippen molar-refractivity contribution in [2.24, 2.45) is 13.0 Å². The van der Waals surface area contributed by atoms with Crippen molar-refractivity contribution in [3.63, 3.8) is 0 Å². The van der Waals surface area contributed by atoms with Crippen LogP contribution in [-0.2, 0) is 18.4 Å². The molecule has 1 fully saturated rings. The third kappa shape index (κ3) is 3.10. The molecule has 3 rings (SSSR count). The van der Waals surface area contributed by atoms with Crippen LogP contribution < -0.4 is 5.32 Å². The number of aliphatic carboxylic acids is 1. The van der Waals surface area contributed by atoms with Crippen LogP contribution in [0.4, 0.5) is 4.79 Å². The smallest absolute Gasteiger partial charge is 0.317 e. The Labute approximate surface area is 137 Å². The van der Waals surface area contributed by atoms with Crippen LogP contribution in [0.3, 0.4) is 0 Å². The molecule has 1 aromatic carbocycles. The van der Waals surface area contributed by atoms with Gasteiger partial charge in [0.2, 0.25) is 0 Å². The van der Waals surface area contributed by atoms with Crippen LogP contribution in [0.25, 0.3) is 11.0 Å². The summed E-state index contributed by atoms with van der Waals surface area (Å²) in [5, 5.41) is 12.4. The van der Waals surface area contributed by atoms with Gasteiger partial charge in [-0.2, -0.15) is 0 Å². The minimum absolute atomic E-state index is 0.249. The van der Waals surface area contributed by atoms with E-state index in [2.05, 4.69) is 10.3 Å². The molecule has 1 aliphatic rings. The summed E-state index contributed by atoms with van der Waals surface area (Å²) in [6.07, 6.45) is 0.494. The lowest BCUT2D eigenvalue weighted by Gasteiger charge is -2.16. The highest BCUT2D eigenvalue weighted by atomic mass is 35.5. The molecule has 1 saturated heterocycles. The van der Waals surface area contributed by atoms with Gasteiger partial charge in [0.1, 0.15) is 5.82 Å². The van der Waals surface area contributed by atoms with Crippen molar-refractivity contribution in [1.82, 2.24) is 19.8 Å². The highest BCUT2D eigenvalue weighted by Crippen LogP contribution is 2.20. The first-order chi connectivity index (χ1) is 11.0. The van der Waals surface area contributed by atoms with Crippen LogP contribution in [0.1, 0.15) is 12.2 Å². The van der Waals surface area contributed by atoms with Crippen molar-refractivity contribution >= 4 is 34.6 Å². The maximum absolute atomic E-state index is 12.1. The second-order valence-electron chi connectivity index (χ2n) is 5.65. The van der Waals surface area contributed by atoms with Crippen molar-refractivity contribution < 1.29 is 14.7 Å². The number of aromatic nitrogens is 2. The minimum atomic E-state index is -0.854. The number of amides is 2. The van der Waals surface area contributed by atoms with Gasteiger partial charge >= 0.3 is 12.0 Å². The summed E-state index contributed by atoms with van der Waals surface area (Å²) in [5.41, 5.74) is 1.71. The molecule has 8 heteroatoms. The van der Waals surface area contributed by atoms with Gasteiger partial charge in [0.25, 0.3) is 0 Å². The number of carbonyl (C=O) groups excluding carboxylic acids is 1. The Morgan fingerprint density at radius 2 is 2.26 bits per heavy atom. The summed E-state index contributed by atoms with van der Waals surface area (Å²) >= 11 is 5.96. The van der Waals surface area contributed by atoms with Crippen LogP contribution in [0, 0.1) is 5.92 Å². The molecule has 0 spiro atoms. The van der Waals surface area contributed by atoms with Crippen LogP contribution in [0.5, 0.6) is 0 Å². The highest BCUT2D eigenvalue weighted by Gasteiger charge is 2.30. The molecule has 7 nitrogen and oxygen atoms in total. The zero-order chi connectivity index (χ0) is 16.6. The van der Waals surface area contributed by atoms with Crippen LogP contribution in [0.15, 0.2) is 18.2 Å². The summed E-state index contributed by atoms with van der Waals surface area (Å²) in [6, 6.07) is 5.19. The molecule has 0 radical (unpaired) electrons. The fourth-order valence-electron chi connectivity index (χ4n) is 2.79. The molecule has 23 heavy (non-hydrogen) atoms. The summed E-state index contributed by atoms with van der Waals surface area (Å²) in [4.78, 5) is 29.1. The average Bonchev–Trinajstić information content (AvgIpc) is 3.10. The van der Waals surface area contributed by atoms with Gasteiger partial charge in [0.15, 0.2) is 0 Å². The normalized spacial score (nSPS) is 17.7.